The highest BCUT2D eigenvalue weighted by Gasteiger charge is 2.25. The number of carbonyl (C=O) groups is 3. The minimum absolute atomic E-state index is 0.0333. The maximum absolute atomic E-state index is 13.2. The number of anilines is 1. The lowest BCUT2D eigenvalue weighted by molar-refractivity contribution is -0.143. The van der Waals surface area contributed by atoms with E-state index in [1.807, 2.05) is 48.5 Å². The number of nitrogens with zero attached hydrogens (tertiary/aromatic N) is 1. The molecule has 0 saturated carbocycles. The van der Waals surface area contributed by atoms with Gasteiger partial charge in [-0.05, 0) is 44.5 Å². The van der Waals surface area contributed by atoms with Crippen molar-refractivity contribution in [3.05, 3.63) is 65.2 Å². The molecule has 0 bridgehead atoms. The molecule has 0 spiro atoms. The molecule has 0 aromatic heterocycles. The summed E-state index contributed by atoms with van der Waals surface area (Å²) in [5.41, 5.74) is 2.60. The summed E-state index contributed by atoms with van der Waals surface area (Å²) in [6.45, 7) is 5.84. The van der Waals surface area contributed by atoms with Crippen LogP contribution in [0.4, 0.5) is 5.69 Å². The first kappa shape index (κ1) is 25.0. The van der Waals surface area contributed by atoms with Crippen molar-refractivity contribution >= 4 is 23.5 Å². The molecule has 7 heteroatoms. The number of amides is 2. The van der Waals surface area contributed by atoms with E-state index in [4.69, 9.17) is 9.84 Å². The molecular weight excluding hydrogens is 432 g/mol. The van der Waals surface area contributed by atoms with Crippen LogP contribution in [0.5, 0.6) is 0 Å². The third kappa shape index (κ3) is 6.93. The van der Waals surface area contributed by atoms with Crippen molar-refractivity contribution in [1.29, 1.82) is 0 Å². The summed E-state index contributed by atoms with van der Waals surface area (Å²) in [6, 6.07) is 15.2. The zero-order valence-electron chi connectivity index (χ0n) is 19.8. The number of aliphatic carboxylic acids is 1. The average Bonchev–Trinajstić information content (AvgIpc) is 2.76. The van der Waals surface area contributed by atoms with E-state index in [0.717, 1.165) is 22.4 Å². The Morgan fingerprint density at radius 1 is 1.06 bits per heavy atom. The van der Waals surface area contributed by atoms with Gasteiger partial charge in [-0.15, -0.1) is 0 Å². The van der Waals surface area contributed by atoms with E-state index in [0.29, 0.717) is 6.54 Å². The molecule has 1 unspecified atom stereocenters. The number of carboxylic acid groups (broad SMARTS) is 1. The first-order valence-electron chi connectivity index (χ1n) is 11.3. The molecule has 0 aliphatic carbocycles. The molecule has 0 fully saturated rings. The summed E-state index contributed by atoms with van der Waals surface area (Å²) in [4.78, 5) is 38.2. The number of nitrogens with one attached hydrogen (secondary N) is 1. The minimum atomic E-state index is -0.940. The molecule has 3 rings (SSSR count). The second kappa shape index (κ2) is 11.0. The Kier molecular flexibility index (Phi) is 8.08. The highest BCUT2D eigenvalue weighted by atomic mass is 16.5. The SMILES string of the molecule is CC(CC(=O)O)OC(C)(C)CNC(=O)CCC(=O)N1Cc2ccccc2C#Cc2ccccc21. The fraction of sp³-hybridized carbons (Fsp3) is 0.370. The third-order valence-electron chi connectivity index (χ3n) is 5.43. The molecule has 2 N–H and O–H groups in total. The lowest BCUT2D eigenvalue weighted by Gasteiger charge is -2.29. The zero-order chi connectivity index (χ0) is 24.7. The van der Waals surface area contributed by atoms with Gasteiger partial charge in [0, 0.05) is 30.5 Å². The van der Waals surface area contributed by atoms with E-state index in [1.54, 1.807) is 25.7 Å². The van der Waals surface area contributed by atoms with E-state index in [2.05, 4.69) is 17.2 Å². The second-order valence-electron chi connectivity index (χ2n) is 8.97. The number of benzene rings is 2. The van der Waals surface area contributed by atoms with E-state index in [-0.39, 0.29) is 37.6 Å². The number of hydrogen-bond donors (Lipinski definition) is 2. The number of fused-ring (bicyclic) bond motifs is 2. The Morgan fingerprint density at radius 3 is 2.44 bits per heavy atom. The summed E-state index contributed by atoms with van der Waals surface area (Å²) >= 11 is 0. The Balaban J connectivity index is 1.62. The number of rotatable bonds is 9. The Morgan fingerprint density at radius 2 is 1.71 bits per heavy atom. The molecule has 178 valence electrons. The zero-order valence-corrected chi connectivity index (χ0v) is 19.8. The summed E-state index contributed by atoms with van der Waals surface area (Å²) < 4.78 is 5.73. The van der Waals surface area contributed by atoms with Crippen molar-refractivity contribution in [2.75, 3.05) is 11.4 Å². The highest BCUT2D eigenvalue weighted by Crippen LogP contribution is 2.26. The van der Waals surface area contributed by atoms with Gasteiger partial charge in [0.05, 0.1) is 30.4 Å². The summed E-state index contributed by atoms with van der Waals surface area (Å²) in [6.07, 6.45) is -0.515. The van der Waals surface area contributed by atoms with Crippen LogP contribution in [0.25, 0.3) is 0 Å². The van der Waals surface area contributed by atoms with Crippen molar-refractivity contribution in [2.45, 2.75) is 58.3 Å². The van der Waals surface area contributed by atoms with Crippen LogP contribution < -0.4 is 10.2 Å². The molecule has 0 radical (unpaired) electrons. The van der Waals surface area contributed by atoms with Crippen molar-refractivity contribution in [3.8, 4) is 11.8 Å². The van der Waals surface area contributed by atoms with Crippen LogP contribution in [0.15, 0.2) is 48.5 Å². The predicted molar refractivity (Wildman–Crippen MR) is 129 cm³/mol. The molecule has 1 heterocycles. The van der Waals surface area contributed by atoms with Gasteiger partial charge in [0.1, 0.15) is 0 Å². The topological polar surface area (TPSA) is 95.9 Å². The molecule has 1 aliphatic heterocycles. The van der Waals surface area contributed by atoms with Crippen molar-refractivity contribution in [2.24, 2.45) is 0 Å². The van der Waals surface area contributed by atoms with Gasteiger partial charge in [-0.25, -0.2) is 0 Å². The molecule has 2 amide bonds. The van der Waals surface area contributed by atoms with Gasteiger partial charge in [0.15, 0.2) is 0 Å². The van der Waals surface area contributed by atoms with Gasteiger partial charge in [-0.3, -0.25) is 14.4 Å². The number of ether oxygens (including phenoxy) is 1. The lowest BCUT2D eigenvalue weighted by Crippen LogP contribution is -2.43. The summed E-state index contributed by atoms with van der Waals surface area (Å²) in [5, 5.41) is 11.7. The summed E-state index contributed by atoms with van der Waals surface area (Å²) in [5.74, 6) is 4.98. The maximum Gasteiger partial charge on any atom is 0.305 e. The number of hydrogen-bond acceptors (Lipinski definition) is 4. The van der Waals surface area contributed by atoms with Gasteiger partial charge in [-0.1, -0.05) is 42.2 Å². The van der Waals surface area contributed by atoms with Gasteiger partial charge >= 0.3 is 5.97 Å². The van der Waals surface area contributed by atoms with Crippen LogP contribution in [0.1, 0.15) is 56.7 Å². The van der Waals surface area contributed by atoms with Crippen molar-refractivity contribution < 1.29 is 24.2 Å². The fourth-order valence-corrected chi connectivity index (χ4v) is 3.84. The van der Waals surface area contributed by atoms with Crippen molar-refractivity contribution in [1.82, 2.24) is 5.32 Å². The standard InChI is InChI=1S/C27H30N2O5/c1-19(16-26(32)33)34-27(2,3)18-28-24(30)14-15-25(31)29-17-22-10-5-4-8-20(22)12-13-21-9-6-7-11-23(21)29/h4-11,19H,14-18H2,1-3H3,(H,28,30)(H,32,33). The molecule has 2 aromatic carbocycles. The fourth-order valence-electron chi connectivity index (χ4n) is 3.84. The molecule has 34 heavy (non-hydrogen) atoms. The number of para-hydroxylation sites is 1. The van der Waals surface area contributed by atoms with E-state index in [1.165, 1.54) is 0 Å². The maximum atomic E-state index is 13.2. The van der Waals surface area contributed by atoms with Crippen LogP contribution in [0, 0.1) is 11.8 Å². The molecular formula is C27H30N2O5. The van der Waals surface area contributed by atoms with Crippen LogP contribution in [-0.2, 0) is 25.7 Å². The molecule has 1 atom stereocenters. The van der Waals surface area contributed by atoms with Crippen LogP contribution in [-0.4, -0.2) is 41.1 Å². The predicted octanol–water partition coefficient (Wildman–Crippen LogP) is 3.49. The second-order valence-corrected chi connectivity index (χ2v) is 8.97. The smallest absolute Gasteiger partial charge is 0.305 e. The van der Waals surface area contributed by atoms with E-state index >= 15 is 0 Å². The van der Waals surface area contributed by atoms with Gasteiger partial charge < -0.3 is 20.1 Å². The quantitative estimate of drug-likeness (QED) is 0.556. The lowest BCUT2D eigenvalue weighted by atomic mass is 10.0. The third-order valence-corrected chi connectivity index (χ3v) is 5.43. The summed E-state index contributed by atoms with van der Waals surface area (Å²) in [7, 11) is 0. The molecule has 2 aromatic rings. The highest BCUT2D eigenvalue weighted by molar-refractivity contribution is 5.96. The normalized spacial score (nSPS) is 13.3. The van der Waals surface area contributed by atoms with Gasteiger partial charge in [0.2, 0.25) is 11.8 Å². The average molecular weight is 463 g/mol. The van der Waals surface area contributed by atoms with Crippen LogP contribution in [0.3, 0.4) is 0 Å². The monoisotopic (exact) mass is 462 g/mol. The number of carbonyl (C=O) groups excluding carboxylic acids is 2. The van der Waals surface area contributed by atoms with Gasteiger partial charge in [0.25, 0.3) is 0 Å². The molecule has 0 saturated heterocycles. The van der Waals surface area contributed by atoms with Gasteiger partial charge in [-0.2, -0.15) is 0 Å². The first-order chi connectivity index (χ1) is 16.1. The van der Waals surface area contributed by atoms with E-state index < -0.39 is 17.7 Å². The largest absolute Gasteiger partial charge is 0.481 e. The van der Waals surface area contributed by atoms with Crippen LogP contribution >= 0.6 is 0 Å². The van der Waals surface area contributed by atoms with Crippen LogP contribution in [0.2, 0.25) is 0 Å². The Hall–Kier alpha value is -3.63. The molecule has 1 aliphatic rings. The first-order valence-corrected chi connectivity index (χ1v) is 11.3. The Bertz CT molecular complexity index is 1130. The number of carboxylic acids is 1. The van der Waals surface area contributed by atoms with E-state index in [9.17, 15) is 14.4 Å². The minimum Gasteiger partial charge on any atom is -0.481 e. The van der Waals surface area contributed by atoms with Crippen molar-refractivity contribution in [3.63, 3.8) is 0 Å². The molecule has 7 nitrogen and oxygen atoms in total. The Labute approximate surface area is 200 Å².